The predicted octanol–water partition coefficient (Wildman–Crippen LogP) is 3.57. The first kappa shape index (κ1) is 18.3. The molecule has 1 aliphatic carbocycles. The Hall–Kier alpha value is -3.06. The number of thiophene rings is 1. The second kappa shape index (κ2) is 6.83. The van der Waals surface area contributed by atoms with Crippen LogP contribution in [0.4, 0.5) is 0 Å². The van der Waals surface area contributed by atoms with Crippen LogP contribution in [0.5, 0.6) is 0 Å². The van der Waals surface area contributed by atoms with Gasteiger partial charge in [-0.25, -0.2) is 4.99 Å². The van der Waals surface area contributed by atoms with Gasteiger partial charge in [-0.3, -0.25) is 9.36 Å². The maximum atomic E-state index is 11.7. The molecule has 4 rings (SSSR count). The lowest BCUT2D eigenvalue weighted by atomic mass is 9.99. The Morgan fingerprint density at radius 1 is 1.25 bits per heavy atom. The molecule has 1 amide bonds. The molecular weight excluding hydrogens is 370 g/mol. The topological polar surface area (TPSA) is 86.2 Å². The quantitative estimate of drug-likeness (QED) is 0.794. The number of aromatic nitrogens is 3. The van der Waals surface area contributed by atoms with Crippen molar-refractivity contribution >= 4 is 28.7 Å². The second-order valence-electron chi connectivity index (χ2n) is 6.99. The maximum absolute atomic E-state index is 11.7. The zero-order valence-corrected chi connectivity index (χ0v) is 17.0. The molecule has 0 saturated carbocycles. The van der Waals surface area contributed by atoms with Gasteiger partial charge in [0, 0.05) is 22.1 Å². The number of hydrogen-bond acceptors (Lipinski definition) is 5. The SMILES string of the molecule is Cc1sc2c(c1C)C(C1=CC=CC(C)C=C1)=N/C(=C\C(N)=O)c1nnc(C)n1-2. The number of primary amides is 1. The van der Waals surface area contributed by atoms with Gasteiger partial charge in [0.15, 0.2) is 5.82 Å². The van der Waals surface area contributed by atoms with E-state index in [9.17, 15) is 4.79 Å². The summed E-state index contributed by atoms with van der Waals surface area (Å²) in [5.41, 5.74) is 9.87. The average molecular weight is 392 g/mol. The van der Waals surface area contributed by atoms with Gasteiger partial charge in [-0.05, 0) is 32.3 Å². The molecule has 2 N–H and O–H groups in total. The number of nitrogens with two attached hydrogens (primary N) is 1. The van der Waals surface area contributed by atoms with Crippen LogP contribution in [0, 0.1) is 26.7 Å². The number of carbonyl (C=O) groups excluding carboxylic acids is 1. The first-order valence-corrected chi connectivity index (χ1v) is 9.88. The number of hydrogen-bond donors (Lipinski definition) is 1. The number of fused-ring (bicyclic) bond motifs is 3. The average Bonchev–Trinajstić information content (AvgIpc) is 2.99. The number of allylic oxidation sites excluding steroid dienone is 6. The van der Waals surface area contributed by atoms with E-state index in [-0.39, 0.29) is 0 Å². The fourth-order valence-corrected chi connectivity index (χ4v) is 4.56. The van der Waals surface area contributed by atoms with Crippen LogP contribution in [0.3, 0.4) is 0 Å². The van der Waals surface area contributed by atoms with Crippen molar-refractivity contribution in [3.05, 3.63) is 69.7 Å². The highest BCUT2D eigenvalue weighted by Gasteiger charge is 2.29. The van der Waals surface area contributed by atoms with Crippen molar-refractivity contribution in [3.8, 4) is 5.00 Å². The molecule has 2 aromatic rings. The highest BCUT2D eigenvalue weighted by Crippen LogP contribution is 2.38. The number of amides is 1. The minimum absolute atomic E-state index is 0.340. The molecule has 0 fully saturated rings. The summed E-state index contributed by atoms with van der Waals surface area (Å²) < 4.78 is 1.96. The van der Waals surface area contributed by atoms with E-state index in [1.165, 1.54) is 11.0 Å². The molecule has 1 unspecified atom stereocenters. The Morgan fingerprint density at radius 3 is 2.79 bits per heavy atom. The molecule has 0 bridgehead atoms. The molecular formula is C21H21N5OS. The molecule has 7 heteroatoms. The molecule has 2 aromatic heterocycles. The smallest absolute Gasteiger partial charge is 0.243 e. The minimum Gasteiger partial charge on any atom is -0.366 e. The first-order chi connectivity index (χ1) is 13.4. The lowest BCUT2D eigenvalue weighted by Gasteiger charge is -2.09. The summed E-state index contributed by atoms with van der Waals surface area (Å²) in [6, 6.07) is 0. The van der Waals surface area contributed by atoms with Crippen LogP contribution in [0.2, 0.25) is 0 Å². The van der Waals surface area contributed by atoms with Crippen LogP contribution in [0.1, 0.15) is 34.6 Å². The normalized spacial score (nSPS) is 19.6. The second-order valence-corrected chi connectivity index (χ2v) is 8.19. The fraction of sp³-hybridized carbons (Fsp3) is 0.238. The van der Waals surface area contributed by atoms with Crippen molar-refractivity contribution in [1.29, 1.82) is 0 Å². The van der Waals surface area contributed by atoms with E-state index in [0.717, 1.165) is 33.2 Å². The number of aryl methyl sites for hydroxylation is 2. The van der Waals surface area contributed by atoms with Crippen LogP contribution in [-0.2, 0) is 4.79 Å². The predicted molar refractivity (Wildman–Crippen MR) is 113 cm³/mol. The van der Waals surface area contributed by atoms with E-state index in [1.807, 2.05) is 17.6 Å². The Bertz CT molecular complexity index is 1140. The Balaban J connectivity index is 2.07. The van der Waals surface area contributed by atoms with Crippen LogP contribution in [0.25, 0.3) is 10.7 Å². The van der Waals surface area contributed by atoms with Crippen molar-refractivity contribution in [3.63, 3.8) is 0 Å². The number of nitrogens with zero attached hydrogens (tertiary/aromatic N) is 4. The maximum Gasteiger partial charge on any atom is 0.243 e. The Kier molecular flexibility index (Phi) is 4.47. The molecule has 28 heavy (non-hydrogen) atoms. The molecule has 1 atom stereocenters. The van der Waals surface area contributed by atoms with Gasteiger partial charge in [-0.1, -0.05) is 37.3 Å². The van der Waals surface area contributed by atoms with Gasteiger partial charge >= 0.3 is 0 Å². The van der Waals surface area contributed by atoms with E-state index in [2.05, 4.69) is 55.3 Å². The third kappa shape index (κ3) is 2.97. The number of aliphatic imine (C=N–C) groups is 1. The fourth-order valence-electron chi connectivity index (χ4n) is 3.35. The van der Waals surface area contributed by atoms with Crippen LogP contribution in [0.15, 0.2) is 47.0 Å². The van der Waals surface area contributed by atoms with Gasteiger partial charge < -0.3 is 5.73 Å². The standard InChI is InChI=1S/C21H21N5OS/c1-11-6-5-7-15(9-8-11)19-18-12(2)13(3)28-21(18)26-14(4)24-25-20(26)16(23-19)10-17(22)27/h5-11H,1-4H3,(H2,22,27)/b16-10-. The summed E-state index contributed by atoms with van der Waals surface area (Å²) in [6.07, 6.45) is 11.8. The van der Waals surface area contributed by atoms with Crippen molar-refractivity contribution in [2.45, 2.75) is 27.7 Å². The summed E-state index contributed by atoms with van der Waals surface area (Å²) in [6.45, 7) is 8.23. The third-order valence-corrected chi connectivity index (χ3v) is 6.11. The summed E-state index contributed by atoms with van der Waals surface area (Å²) in [5.74, 6) is 1.04. The largest absolute Gasteiger partial charge is 0.366 e. The van der Waals surface area contributed by atoms with Gasteiger partial charge in [0.2, 0.25) is 5.91 Å². The van der Waals surface area contributed by atoms with E-state index >= 15 is 0 Å². The number of rotatable bonds is 2. The monoisotopic (exact) mass is 391 g/mol. The molecule has 2 aliphatic rings. The minimum atomic E-state index is -0.567. The third-order valence-electron chi connectivity index (χ3n) is 4.92. The van der Waals surface area contributed by atoms with Crippen molar-refractivity contribution < 1.29 is 4.79 Å². The highest BCUT2D eigenvalue weighted by atomic mass is 32.1. The molecule has 3 heterocycles. The highest BCUT2D eigenvalue weighted by molar-refractivity contribution is 7.15. The zero-order valence-electron chi connectivity index (χ0n) is 16.2. The Morgan fingerprint density at radius 2 is 2.04 bits per heavy atom. The first-order valence-electron chi connectivity index (χ1n) is 9.07. The van der Waals surface area contributed by atoms with Gasteiger partial charge in [-0.15, -0.1) is 21.5 Å². The molecule has 0 spiro atoms. The summed E-state index contributed by atoms with van der Waals surface area (Å²) in [5, 5.41) is 9.51. The van der Waals surface area contributed by atoms with Crippen LogP contribution in [-0.4, -0.2) is 26.4 Å². The van der Waals surface area contributed by atoms with E-state index in [4.69, 9.17) is 10.7 Å². The zero-order chi connectivity index (χ0) is 20.0. The lowest BCUT2D eigenvalue weighted by molar-refractivity contribution is -0.113. The summed E-state index contributed by atoms with van der Waals surface area (Å²) >= 11 is 1.68. The van der Waals surface area contributed by atoms with E-state index in [0.29, 0.717) is 17.4 Å². The van der Waals surface area contributed by atoms with Crippen LogP contribution < -0.4 is 5.73 Å². The molecule has 0 aromatic carbocycles. The summed E-state index contributed by atoms with van der Waals surface area (Å²) in [4.78, 5) is 17.8. The molecule has 0 radical (unpaired) electrons. The molecule has 142 valence electrons. The van der Waals surface area contributed by atoms with E-state index < -0.39 is 5.91 Å². The molecule has 0 saturated heterocycles. The van der Waals surface area contributed by atoms with Crippen LogP contribution >= 0.6 is 11.3 Å². The molecule has 6 nitrogen and oxygen atoms in total. The van der Waals surface area contributed by atoms with Gasteiger partial charge in [0.1, 0.15) is 16.5 Å². The van der Waals surface area contributed by atoms with Gasteiger partial charge in [-0.2, -0.15) is 0 Å². The number of carbonyl (C=O) groups is 1. The van der Waals surface area contributed by atoms with Crippen molar-refractivity contribution in [2.24, 2.45) is 16.6 Å². The Labute approximate surface area is 167 Å². The van der Waals surface area contributed by atoms with Gasteiger partial charge in [0.05, 0.1) is 5.71 Å². The molecule has 1 aliphatic heterocycles. The van der Waals surface area contributed by atoms with E-state index in [1.54, 1.807) is 11.3 Å². The van der Waals surface area contributed by atoms with Crippen molar-refractivity contribution in [2.75, 3.05) is 0 Å². The lowest BCUT2D eigenvalue weighted by Crippen LogP contribution is -2.08. The van der Waals surface area contributed by atoms with Gasteiger partial charge in [0.25, 0.3) is 0 Å². The summed E-state index contributed by atoms with van der Waals surface area (Å²) in [7, 11) is 0. The van der Waals surface area contributed by atoms with Crippen molar-refractivity contribution in [1.82, 2.24) is 14.8 Å².